The van der Waals surface area contributed by atoms with Crippen LogP contribution < -0.4 is 0 Å². The third kappa shape index (κ3) is 2.67. The lowest BCUT2D eigenvalue weighted by molar-refractivity contribution is -0.135. The second kappa shape index (κ2) is 5.62. The van der Waals surface area contributed by atoms with Crippen molar-refractivity contribution in [2.45, 2.75) is 25.9 Å². The Morgan fingerprint density at radius 1 is 1.50 bits per heavy atom. The van der Waals surface area contributed by atoms with E-state index < -0.39 is 0 Å². The topological polar surface area (TPSA) is 80.3 Å². The Morgan fingerprint density at radius 3 is 3.10 bits per heavy atom. The summed E-state index contributed by atoms with van der Waals surface area (Å²) >= 11 is 0. The smallest absolute Gasteiger partial charge is 0.253 e. The largest absolute Gasteiger partial charge is 0.501 e. The van der Waals surface area contributed by atoms with Gasteiger partial charge in [-0.3, -0.25) is 9.89 Å². The highest BCUT2D eigenvalue weighted by Crippen LogP contribution is 2.22. The first-order valence-electron chi connectivity index (χ1n) is 6.84. The van der Waals surface area contributed by atoms with Gasteiger partial charge in [0, 0.05) is 6.54 Å². The van der Waals surface area contributed by atoms with E-state index in [9.17, 15) is 4.79 Å². The van der Waals surface area contributed by atoms with Gasteiger partial charge in [0.15, 0.2) is 5.82 Å². The molecule has 3 heterocycles. The fraction of sp³-hybridized carbons (Fsp3) is 0.615. The SMILES string of the molecule is Cc1nc(C2CN(C(=O)C3=COCCC3)CCO2)n[nH]1. The first-order valence-corrected chi connectivity index (χ1v) is 6.84. The zero-order valence-corrected chi connectivity index (χ0v) is 11.5. The van der Waals surface area contributed by atoms with Crippen molar-refractivity contribution < 1.29 is 14.3 Å². The van der Waals surface area contributed by atoms with Gasteiger partial charge < -0.3 is 14.4 Å². The van der Waals surface area contributed by atoms with Crippen molar-refractivity contribution in [1.82, 2.24) is 20.1 Å². The number of rotatable bonds is 2. The van der Waals surface area contributed by atoms with Gasteiger partial charge in [0.1, 0.15) is 11.9 Å². The highest BCUT2D eigenvalue weighted by atomic mass is 16.5. The number of morpholine rings is 1. The predicted molar refractivity (Wildman–Crippen MR) is 69.7 cm³/mol. The van der Waals surface area contributed by atoms with Crippen LogP contribution in [-0.2, 0) is 14.3 Å². The van der Waals surface area contributed by atoms with Gasteiger partial charge in [0.25, 0.3) is 5.91 Å². The van der Waals surface area contributed by atoms with Crippen LogP contribution in [0, 0.1) is 6.92 Å². The number of H-pyrrole nitrogens is 1. The molecule has 0 spiro atoms. The summed E-state index contributed by atoms with van der Waals surface area (Å²) in [4.78, 5) is 18.5. The van der Waals surface area contributed by atoms with Crippen LogP contribution in [0.2, 0.25) is 0 Å². The van der Waals surface area contributed by atoms with Gasteiger partial charge >= 0.3 is 0 Å². The zero-order valence-electron chi connectivity index (χ0n) is 11.5. The lowest BCUT2D eigenvalue weighted by atomic mass is 10.1. The van der Waals surface area contributed by atoms with E-state index in [1.807, 2.05) is 6.92 Å². The first kappa shape index (κ1) is 13.1. The Morgan fingerprint density at radius 2 is 2.40 bits per heavy atom. The third-order valence-electron chi connectivity index (χ3n) is 3.46. The Balaban J connectivity index is 1.68. The van der Waals surface area contributed by atoms with Crippen LogP contribution in [0.1, 0.15) is 30.6 Å². The van der Waals surface area contributed by atoms with Gasteiger partial charge in [0.2, 0.25) is 0 Å². The molecule has 20 heavy (non-hydrogen) atoms. The summed E-state index contributed by atoms with van der Waals surface area (Å²) in [5.41, 5.74) is 0.739. The molecule has 7 heteroatoms. The van der Waals surface area contributed by atoms with Crippen molar-refractivity contribution in [1.29, 1.82) is 0 Å². The van der Waals surface area contributed by atoms with Gasteiger partial charge in [-0.15, -0.1) is 0 Å². The number of aromatic amines is 1. The molecule has 1 aromatic heterocycles. The van der Waals surface area contributed by atoms with E-state index >= 15 is 0 Å². The number of aromatic nitrogens is 3. The van der Waals surface area contributed by atoms with Gasteiger partial charge in [0.05, 0.1) is 31.6 Å². The molecule has 0 saturated carbocycles. The minimum Gasteiger partial charge on any atom is -0.501 e. The number of amides is 1. The second-order valence-corrected chi connectivity index (χ2v) is 5.01. The Bertz CT molecular complexity index is 525. The average molecular weight is 278 g/mol. The summed E-state index contributed by atoms with van der Waals surface area (Å²) in [6.45, 7) is 4.10. The molecule has 0 aliphatic carbocycles. The fourth-order valence-electron chi connectivity index (χ4n) is 2.42. The first-order chi connectivity index (χ1) is 9.74. The molecule has 1 fully saturated rings. The Kier molecular flexibility index (Phi) is 3.68. The number of carbonyl (C=O) groups is 1. The molecule has 1 amide bonds. The third-order valence-corrected chi connectivity index (χ3v) is 3.46. The molecule has 0 radical (unpaired) electrons. The molecule has 1 atom stereocenters. The number of hydrogen-bond donors (Lipinski definition) is 1. The summed E-state index contributed by atoms with van der Waals surface area (Å²) in [6.07, 6.45) is 3.00. The van der Waals surface area contributed by atoms with Crippen molar-refractivity contribution in [2.24, 2.45) is 0 Å². The van der Waals surface area contributed by atoms with E-state index in [-0.39, 0.29) is 12.0 Å². The van der Waals surface area contributed by atoms with Crippen molar-refractivity contribution in [2.75, 3.05) is 26.3 Å². The molecule has 0 bridgehead atoms. The molecule has 1 unspecified atom stereocenters. The maximum atomic E-state index is 12.4. The van der Waals surface area contributed by atoms with E-state index in [0.29, 0.717) is 32.1 Å². The summed E-state index contributed by atoms with van der Waals surface area (Å²) in [7, 11) is 0. The minimum atomic E-state index is -0.261. The van der Waals surface area contributed by atoms with Crippen LogP contribution >= 0.6 is 0 Å². The summed E-state index contributed by atoms with van der Waals surface area (Å²) in [5, 5.41) is 6.90. The average Bonchev–Trinajstić information content (AvgIpc) is 2.94. The lowest BCUT2D eigenvalue weighted by Gasteiger charge is -2.32. The summed E-state index contributed by atoms with van der Waals surface area (Å²) in [5.74, 6) is 1.38. The number of carbonyl (C=O) groups excluding carboxylic acids is 1. The maximum Gasteiger partial charge on any atom is 0.253 e. The fourth-order valence-corrected chi connectivity index (χ4v) is 2.42. The van der Waals surface area contributed by atoms with Crippen molar-refractivity contribution >= 4 is 5.91 Å². The predicted octanol–water partition coefficient (Wildman–Crippen LogP) is 0.707. The van der Waals surface area contributed by atoms with Crippen LogP contribution in [-0.4, -0.2) is 52.3 Å². The number of nitrogens with one attached hydrogen (secondary N) is 1. The number of ether oxygens (including phenoxy) is 2. The summed E-state index contributed by atoms with van der Waals surface area (Å²) < 4.78 is 10.9. The number of nitrogens with zero attached hydrogens (tertiary/aromatic N) is 3. The second-order valence-electron chi connectivity index (χ2n) is 5.01. The molecule has 1 N–H and O–H groups in total. The molecule has 1 saturated heterocycles. The van der Waals surface area contributed by atoms with Gasteiger partial charge in [-0.2, -0.15) is 5.10 Å². The van der Waals surface area contributed by atoms with Gasteiger partial charge in [-0.1, -0.05) is 0 Å². The normalized spacial score (nSPS) is 23.1. The van der Waals surface area contributed by atoms with Crippen molar-refractivity contribution in [3.8, 4) is 0 Å². The van der Waals surface area contributed by atoms with Crippen LogP contribution in [0.5, 0.6) is 0 Å². The Hall–Kier alpha value is -1.89. The van der Waals surface area contributed by atoms with Crippen LogP contribution in [0.25, 0.3) is 0 Å². The van der Waals surface area contributed by atoms with E-state index in [4.69, 9.17) is 9.47 Å². The highest BCUT2D eigenvalue weighted by Gasteiger charge is 2.29. The highest BCUT2D eigenvalue weighted by molar-refractivity contribution is 5.93. The van der Waals surface area contributed by atoms with Crippen LogP contribution in [0.4, 0.5) is 0 Å². The Labute approximate surface area is 117 Å². The maximum absolute atomic E-state index is 12.4. The molecule has 0 aromatic carbocycles. The van der Waals surface area contributed by atoms with Crippen LogP contribution in [0.3, 0.4) is 0 Å². The van der Waals surface area contributed by atoms with Crippen molar-refractivity contribution in [3.63, 3.8) is 0 Å². The van der Waals surface area contributed by atoms with Gasteiger partial charge in [-0.05, 0) is 19.8 Å². The van der Waals surface area contributed by atoms with Crippen molar-refractivity contribution in [3.05, 3.63) is 23.5 Å². The zero-order chi connectivity index (χ0) is 13.9. The number of aryl methyl sites for hydroxylation is 1. The lowest BCUT2D eigenvalue weighted by Crippen LogP contribution is -2.43. The van der Waals surface area contributed by atoms with Gasteiger partial charge in [-0.25, -0.2) is 4.98 Å². The molecular formula is C13H18N4O3. The monoisotopic (exact) mass is 278 g/mol. The summed E-state index contributed by atoms with van der Waals surface area (Å²) in [6, 6.07) is 0. The van der Waals surface area contributed by atoms with E-state index in [1.54, 1.807) is 11.2 Å². The minimum absolute atomic E-state index is 0.0326. The standard InChI is InChI=1S/C13H18N4O3/c1-9-14-12(16-15-9)11-7-17(4-6-20-11)13(18)10-3-2-5-19-8-10/h8,11H,2-7H2,1H3,(H,14,15,16). The molecular weight excluding hydrogens is 260 g/mol. The number of hydrogen-bond acceptors (Lipinski definition) is 5. The quantitative estimate of drug-likeness (QED) is 0.861. The van der Waals surface area contributed by atoms with E-state index in [2.05, 4.69) is 15.2 Å². The molecule has 3 rings (SSSR count). The molecule has 2 aliphatic heterocycles. The molecule has 7 nitrogen and oxygen atoms in total. The molecule has 2 aliphatic rings. The molecule has 1 aromatic rings. The van der Waals surface area contributed by atoms with E-state index in [0.717, 1.165) is 24.2 Å². The molecule has 108 valence electrons. The van der Waals surface area contributed by atoms with Crippen LogP contribution in [0.15, 0.2) is 11.8 Å². The van der Waals surface area contributed by atoms with E-state index in [1.165, 1.54) is 0 Å².